The molecule has 0 spiro atoms. The highest BCUT2D eigenvalue weighted by Gasteiger charge is 2.30. The Bertz CT molecular complexity index is 2130. The molecular formula is C52H64F3N9O3. The number of rotatable bonds is 9. The van der Waals surface area contributed by atoms with E-state index in [2.05, 4.69) is 44.6 Å². The molecule has 6 aromatic rings. The standard InChI is InChI=1S/3C17H20FN3O.CH4/c3*1-17(22,13-5-7-15(18)8-6-13)14-11-19-16(20-12-14)21-9-3-2-4-10-21;/h3*5-8,11-12,22H,2-4,9-10H2,1H3;1H4/t2*17-;;/m10../s1. The lowest BCUT2D eigenvalue weighted by molar-refractivity contribution is 0.101. The van der Waals surface area contributed by atoms with Gasteiger partial charge >= 0.3 is 0 Å². The van der Waals surface area contributed by atoms with Crippen molar-refractivity contribution in [2.45, 2.75) is 103 Å². The summed E-state index contributed by atoms with van der Waals surface area (Å²) < 4.78 is 39.1. The topological polar surface area (TPSA) is 148 Å². The molecule has 0 aliphatic carbocycles. The van der Waals surface area contributed by atoms with Crippen LogP contribution in [0.1, 0.15) is 119 Å². The highest BCUT2D eigenvalue weighted by atomic mass is 19.1. The molecule has 3 fully saturated rings. The Hall–Kier alpha value is -6.03. The third-order valence-electron chi connectivity index (χ3n) is 12.7. The lowest BCUT2D eigenvalue weighted by Gasteiger charge is -2.28. The van der Waals surface area contributed by atoms with E-state index < -0.39 is 16.8 Å². The molecule has 6 heterocycles. The highest BCUT2D eigenvalue weighted by molar-refractivity contribution is 5.39. The fraction of sp³-hybridized carbons (Fsp3) is 0.423. The van der Waals surface area contributed by atoms with Gasteiger partial charge in [-0.25, -0.2) is 43.1 Å². The van der Waals surface area contributed by atoms with Crippen LogP contribution < -0.4 is 14.7 Å². The molecule has 3 aromatic heterocycles. The molecule has 3 saturated heterocycles. The predicted octanol–water partition coefficient (Wildman–Crippen LogP) is 9.22. The van der Waals surface area contributed by atoms with Crippen molar-refractivity contribution in [1.82, 2.24) is 29.9 Å². The minimum atomic E-state index is -1.24. The Morgan fingerprint density at radius 2 is 0.537 bits per heavy atom. The molecule has 356 valence electrons. The smallest absolute Gasteiger partial charge is 0.225 e. The normalized spacial score (nSPS) is 17.8. The lowest BCUT2D eigenvalue weighted by atomic mass is 9.90. The molecule has 1 unspecified atom stereocenters. The van der Waals surface area contributed by atoms with Gasteiger partial charge in [-0.1, -0.05) is 43.8 Å². The SMILES string of the molecule is C.CC(O)(c1ccc(F)cc1)c1cnc(N2CCCCC2)nc1.C[C@@](O)(c1ccc(F)cc1)c1cnc(N2CCCCC2)nc1.C[C@](O)(c1ccc(F)cc1)c1cnc(N2CCCCC2)nc1. The summed E-state index contributed by atoms with van der Waals surface area (Å²) in [7, 11) is 0. The number of hydrogen-bond acceptors (Lipinski definition) is 12. The molecule has 9 rings (SSSR count). The van der Waals surface area contributed by atoms with Gasteiger partial charge in [0.2, 0.25) is 17.8 Å². The summed E-state index contributed by atoms with van der Waals surface area (Å²) in [6.07, 6.45) is 20.7. The van der Waals surface area contributed by atoms with Crippen molar-refractivity contribution >= 4 is 17.8 Å². The van der Waals surface area contributed by atoms with Crippen molar-refractivity contribution in [1.29, 1.82) is 0 Å². The van der Waals surface area contributed by atoms with Crippen molar-refractivity contribution in [3.63, 3.8) is 0 Å². The first-order valence-corrected chi connectivity index (χ1v) is 22.9. The van der Waals surface area contributed by atoms with Crippen molar-refractivity contribution in [3.05, 3.63) is 161 Å². The number of aromatic nitrogens is 6. The van der Waals surface area contributed by atoms with Crippen molar-refractivity contribution in [2.24, 2.45) is 0 Å². The Morgan fingerprint density at radius 3 is 0.731 bits per heavy atom. The van der Waals surface area contributed by atoms with E-state index in [0.717, 1.165) is 39.3 Å². The van der Waals surface area contributed by atoms with Crippen LogP contribution in [0.2, 0.25) is 0 Å². The third-order valence-corrected chi connectivity index (χ3v) is 12.7. The summed E-state index contributed by atoms with van der Waals surface area (Å²) in [5.41, 5.74) is -0.0922. The van der Waals surface area contributed by atoms with Crippen LogP contribution in [0.5, 0.6) is 0 Å². The summed E-state index contributed by atoms with van der Waals surface area (Å²) in [5, 5.41) is 32.2. The second kappa shape index (κ2) is 22.6. The number of aliphatic hydroxyl groups is 3. The van der Waals surface area contributed by atoms with E-state index in [-0.39, 0.29) is 24.9 Å². The summed E-state index contributed by atoms with van der Waals surface area (Å²) in [5.74, 6) is 1.15. The molecule has 3 aliphatic rings. The first kappa shape index (κ1) is 50.4. The maximum Gasteiger partial charge on any atom is 0.225 e. The van der Waals surface area contributed by atoms with Gasteiger partial charge in [-0.3, -0.25) is 0 Å². The minimum absolute atomic E-state index is 0. The van der Waals surface area contributed by atoms with E-state index in [1.807, 2.05) is 0 Å². The first-order valence-electron chi connectivity index (χ1n) is 22.9. The summed E-state index contributed by atoms with van der Waals surface area (Å²) in [6, 6.07) is 17.5. The van der Waals surface area contributed by atoms with Crippen LogP contribution in [0, 0.1) is 17.5 Å². The Labute approximate surface area is 392 Å². The summed E-state index contributed by atoms with van der Waals surface area (Å²) in [6.45, 7) is 10.9. The van der Waals surface area contributed by atoms with E-state index in [9.17, 15) is 28.5 Å². The zero-order valence-electron chi connectivity index (χ0n) is 38.0. The van der Waals surface area contributed by atoms with Gasteiger partial charge in [0.25, 0.3) is 0 Å². The fourth-order valence-electron chi connectivity index (χ4n) is 8.31. The average molecular weight is 920 g/mol. The second-order valence-electron chi connectivity index (χ2n) is 17.7. The molecule has 0 bridgehead atoms. The zero-order chi connectivity index (χ0) is 46.7. The van der Waals surface area contributed by atoms with Gasteiger partial charge in [0.1, 0.15) is 34.3 Å². The van der Waals surface area contributed by atoms with Gasteiger partial charge in [-0.05, 0) is 132 Å². The van der Waals surface area contributed by atoms with E-state index in [4.69, 9.17) is 0 Å². The summed E-state index contributed by atoms with van der Waals surface area (Å²) >= 11 is 0. The van der Waals surface area contributed by atoms with Gasteiger partial charge in [0.15, 0.2) is 0 Å². The fourth-order valence-corrected chi connectivity index (χ4v) is 8.31. The third kappa shape index (κ3) is 12.7. The number of benzene rings is 3. The molecule has 15 heteroatoms. The number of hydrogen-bond donors (Lipinski definition) is 3. The number of piperidine rings is 3. The molecule has 0 amide bonds. The van der Waals surface area contributed by atoms with Crippen LogP contribution in [0.3, 0.4) is 0 Å². The number of halogens is 3. The molecule has 12 nitrogen and oxygen atoms in total. The van der Waals surface area contributed by atoms with Gasteiger partial charge in [0.05, 0.1) is 0 Å². The van der Waals surface area contributed by atoms with Crippen LogP contribution in [0.15, 0.2) is 110 Å². The highest BCUT2D eigenvalue weighted by Crippen LogP contribution is 2.32. The predicted molar refractivity (Wildman–Crippen MR) is 256 cm³/mol. The van der Waals surface area contributed by atoms with E-state index in [1.165, 1.54) is 94.2 Å². The molecular weight excluding hydrogens is 856 g/mol. The maximum atomic E-state index is 13.0. The van der Waals surface area contributed by atoms with Crippen LogP contribution in [-0.4, -0.2) is 84.5 Å². The van der Waals surface area contributed by atoms with E-state index in [0.29, 0.717) is 51.2 Å². The first-order chi connectivity index (χ1) is 31.7. The van der Waals surface area contributed by atoms with Gasteiger partial charge in [-0.2, -0.15) is 0 Å². The monoisotopic (exact) mass is 920 g/mol. The molecule has 3 aliphatic heterocycles. The van der Waals surface area contributed by atoms with Crippen LogP contribution in [0.25, 0.3) is 0 Å². The molecule has 67 heavy (non-hydrogen) atoms. The van der Waals surface area contributed by atoms with Crippen molar-refractivity contribution in [3.8, 4) is 0 Å². The number of anilines is 3. The van der Waals surface area contributed by atoms with E-state index >= 15 is 0 Å². The van der Waals surface area contributed by atoms with Crippen molar-refractivity contribution in [2.75, 3.05) is 54.0 Å². The Balaban J connectivity index is 0.000000165. The Kier molecular flexibility index (Phi) is 17.0. The van der Waals surface area contributed by atoms with Crippen LogP contribution in [0.4, 0.5) is 31.0 Å². The Morgan fingerprint density at radius 1 is 0.343 bits per heavy atom. The van der Waals surface area contributed by atoms with Gasteiger partial charge < -0.3 is 30.0 Å². The minimum Gasteiger partial charge on any atom is -0.381 e. The van der Waals surface area contributed by atoms with Crippen LogP contribution in [-0.2, 0) is 16.8 Å². The molecule has 0 radical (unpaired) electrons. The second-order valence-corrected chi connectivity index (χ2v) is 17.7. The number of nitrogens with zero attached hydrogens (tertiary/aromatic N) is 9. The van der Waals surface area contributed by atoms with Crippen molar-refractivity contribution < 1.29 is 28.5 Å². The molecule has 3 atom stereocenters. The maximum absolute atomic E-state index is 13.0. The van der Waals surface area contributed by atoms with Gasteiger partial charge in [-0.15, -0.1) is 0 Å². The molecule has 3 N–H and O–H groups in total. The molecule has 3 aromatic carbocycles. The largest absolute Gasteiger partial charge is 0.381 e. The van der Waals surface area contributed by atoms with E-state index in [1.54, 1.807) is 94.4 Å². The molecule has 0 saturated carbocycles. The quantitative estimate of drug-likeness (QED) is 0.127. The average Bonchev–Trinajstić information content (AvgIpc) is 3.36. The lowest BCUT2D eigenvalue weighted by Crippen LogP contribution is -2.31. The van der Waals surface area contributed by atoms with Gasteiger partial charge in [0, 0.05) is 93.1 Å². The zero-order valence-corrected chi connectivity index (χ0v) is 38.0. The van der Waals surface area contributed by atoms with Crippen LogP contribution >= 0.6 is 0 Å². The summed E-state index contributed by atoms with van der Waals surface area (Å²) in [4.78, 5) is 32.9.